The summed E-state index contributed by atoms with van der Waals surface area (Å²) in [5.41, 5.74) is 0. The van der Waals surface area contributed by atoms with Crippen LogP contribution >= 0.6 is 0 Å². The molecule has 194 valence electrons. The van der Waals surface area contributed by atoms with Crippen molar-refractivity contribution in [3.8, 4) is 11.5 Å². The summed E-state index contributed by atoms with van der Waals surface area (Å²) in [6, 6.07) is 7.85. The van der Waals surface area contributed by atoms with Gasteiger partial charge in [-0.3, -0.25) is 0 Å². The van der Waals surface area contributed by atoms with Gasteiger partial charge in [-0.15, -0.1) is 0 Å². The van der Waals surface area contributed by atoms with Gasteiger partial charge in [-0.2, -0.15) is 0 Å². The Kier molecular flexibility index (Phi) is 18.7. The summed E-state index contributed by atoms with van der Waals surface area (Å²) >= 11 is 0. The van der Waals surface area contributed by atoms with Crippen LogP contribution in [0.25, 0.3) is 0 Å². The first-order valence-corrected chi connectivity index (χ1v) is 13.3. The van der Waals surface area contributed by atoms with Crippen molar-refractivity contribution >= 4 is 11.9 Å². The van der Waals surface area contributed by atoms with Gasteiger partial charge in [0.15, 0.2) is 0 Å². The lowest BCUT2D eigenvalue weighted by Crippen LogP contribution is -2.21. The van der Waals surface area contributed by atoms with E-state index in [-0.39, 0.29) is 12.8 Å². The Balaban J connectivity index is 1.94. The van der Waals surface area contributed by atoms with Crippen LogP contribution in [-0.4, -0.2) is 25.2 Å². The first-order chi connectivity index (χ1) is 16.6. The summed E-state index contributed by atoms with van der Waals surface area (Å²) in [5, 5.41) is 20.7. The zero-order chi connectivity index (χ0) is 24.7. The fourth-order valence-corrected chi connectivity index (χ4v) is 3.90. The summed E-state index contributed by atoms with van der Waals surface area (Å²) in [6.45, 7) is 1.42. The molecule has 1 rings (SSSR count). The van der Waals surface area contributed by atoms with E-state index in [0.717, 1.165) is 75.7 Å². The lowest BCUT2D eigenvalue weighted by molar-refractivity contribution is -0.307. The Hall–Kier alpha value is -2.24. The topological polar surface area (TPSA) is 98.7 Å². The number of carbonyl (C=O) groups excluding carboxylic acids is 2. The second-order valence-corrected chi connectivity index (χ2v) is 9.07. The first-order valence-electron chi connectivity index (χ1n) is 13.3. The van der Waals surface area contributed by atoms with E-state index >= 15 is 0 Å². The lowest BCUT2D eigenvalue weighted by atomic mass is 10.1. The van der Waals surface area contributed by atoms with Crippen LogP contribution in [0.4, 0.5) is 0 Å². The van der Waals surface area contributed by atoms with Crippen LogP contribution in [0.1, 0.15) is 116 Å². The van der Waals surface area contributed by atoms with Gasteiger partial charge in [0, 0.05) is 18.0 Å². The van der Waals surface area contributed by atoms with Crippen molar-refractivity contribution in [3.05, 3.63) is 24.3 Å². The quantitative estimate of drug-likeness (QED) is 0.195. The third kappa shape index (κ3) is 19.2. The minimum atomic E-state index is -0.943. The van der Waals surface area contributed by atoms with Crippen LogP contribution in [0, 0.1) is 0 Å². The highest BCUT2D eigenvalue weighted by atomic mass is 16.5. The van der Waals surface area contributed by atoms with E-state index < -0.39 is 11.9 Å². The minimum absolute atomic E-state index is 0.183. The molecule has 0 aliphatic heterocycles. The van der Waals surface area contributed by atoms with E-state index in [1.54, 1.807) is 0 Å². The second kappa shape index (κ2) is 21.3. The largest absolute Gasteiger partial charge is 0.550 e. The molecule has 6 nitrogen and oxygen atoms in total. The number of ether oxygens (including phenoxy) is 2. The van der Waals surface area contributed by atoms with Crippen molar-refractivity contribution in [3.63, 3.8) is 0 Å². The normalized spacial score (nSPS) is 10.8. The maximum atomic E-state index is 10.3. The van der Waals surface area contributed by atoms with Gasteiger partial charge in [0.25, 0.3) is 0 Å². The van der Waals surface area contributed by atoms with Crippen molar-refractivity contribution in [2.75, 3.05) is 13.2 Å². The van der Waals surface area contributed by atoms with Gasteiger partial charge in [-0.25, -0.2) is 0 Å². The molecule has 0 atom stereocenters. The Bertz CT molecular complexity index is 594. The minimum Gasteiger partial charge on any atom is -0.550 e. The molecule has 0 bridgehead atoms. The van der Waals surface area contributed by atoms with Gasteiger partial charge in [-0.1, -0.05) is 83.1 Å². The third-order valence-corrected chi connectivity index (χ3v) is 5.89. The van der Waals surface area contributed by atoms with E-state index in [9.17, 15) is 19.8 Å². The van der Waals surface area contributed by atoms with Gasteiger partial charge in [0.2, 0.25) is 0 Å². The molecular weight excluding hydrogens is 432 g/mol. The maximum Gasteiger partial charge on any atom is 0.122 e. The lowest BCUT2D eigenvalue weighted by Gasteiger charge is -2.10. The Morgan fingerprint density at radius 3 is 1.21 bits per heavy atom. The number of unbranched alkanes of at least 4 members (excludes halogenated alkanes) is 14. The van der Waals surface area contributed by atoms with Crippen LogP contribution in [0.3, 0.4) is 0 Å². The number of carbonyl (C=O) groups is 2. The van der Waals surface area contributed by atoms with E-state index in [0.29, 0.717) is 13.2 Å². The highest BCUT2D eigenvalue weighted by molar-refractivity contribution is 5.64. The third-order valence-electron chi connectivity index (χ3n) is 5.89. The van der Waals surface area contributed by atoms with Gasteiger partial charge >= 0.3 is 0 Å². The van der Waals surface area contributed by atoms with Crippen LogP contribution in [0.5, 0.6) is 11.5 Å². The molecule has 0 radical (unpaired) electrons. The maximum absolute atomic E-state index is 10.3. The number of carboxylic acid groups (broad SMARTS) is 2. The molecule has 0 fully saturated rings. The van der Waals surface area contributed by atoms with E-state index in [4.69, 9.17) is 9.47 Å². The molecule has 0 aliphatic carbocycles. The Morgan fingerprint density at radius 2 is 0.853 bits per heavy atom. The zero-order valence-corrected chi connectivity index (χ0v) is 20.9. The van der Waals surface area contributed by atoms with Crippen molar-refractivity contribution in [2.45, 2.75) is 116 Å². The number of carboxylic acids is 2. The first kappa shape index (κ1) is 29.8. The van der Waals surface area contributed by atoms with Crippen molar-refractivity contribution < 1.29 is 29.3 Å². The van der Waals surface area contributed by atoms with Crippen LogP contribution in [0.2, 0.25) is 0 Å². The standard InChI is InChI=1S/C28H46O6/c29-27(30)20-13-9-5-1-3-7-11-15-22-33-25-18-17-19-26(24-25)34-23-16-12-8-4-2-6-10-14-21-28(31)32/h17-19,24H,1-16,20-23H2,(H,29,30)(H,31,32)/p-2. The molecule has 0 saturated heterocycles. The summed E-state index contributed by atoms with van der Waals surface area (Å²) in [4.78, 5) is 20.7. The summed E-state index contributed by atoms with van der Waals surface area (Å²) in [6.07, 6.45) is 17.5. The SMILES string of the molecule is O=C([O-])CCCCCCCCCCOc1cccc(OCCCCCCCCCCC(=O)[O-])c1. The second-order valence-electron chi connectivity index (χ2n) is 9.07. The molecule has 0 aromatic heterocycles. The summed E-state index contributed by atoms with van der Waals surface area (Å²) in [5.74, 6) is -0.184. The summed E-state index contributed by atoms with van der Waals surface area (Å²) < 4.78 is 11.7. The molecule has 0 saturated carbocycles. The smallest absolute Gasteiger partial charge is 0.122 e. The molecule has 0 spiro atoms. The Labute approximate surface area is 206 Å². The average Bonchev–Trinajstić information content (AvgIpc) is 2.81. The molecule has 0 N–H and O–H groups in total. The number of benzene rings is 1. The predicted molar refractivity (Wildman–Crippen MR) is 131 cm³/mol. The molecule has 0 amide bonds. The van der Waals surface area contributed by atoms with Gasteiger partial charge in [-0.05, 0) is 50.7 Å². The monoisotopic (exact) mass is 476 g/mol. The van der Waals surface area contributed by atoms with Crippen molar-refractivity contribution in [1.82, 2.24) is 0 Å². The van der Waals surface area contributed by atoms with Gasteiger partial charge in [0.05, 0.1) is 13.2 Å². The number of aliphatic carboxylic acids is 2. The number of rotatable bonds is 24. The molecule has 0 unspecified atom stereocenters. The average molecular weight is 477 g/mol. The number of hydrogen-bond donors (Lipinski definition) is 0. The van der Waals surface area contributed by atoms with Crippen molar-refractivity contribution in [2.24, 2.45) is 0 Å². The fourth-order valence-electron chi connectivity index (χ4n) is 3.90. The highest BCUT2D eigenvalue weighted by Crippen LogP contribution is 2.20. The fraction of sp³-hybridized carbons (Fsp3) is 0.714. The van der Waals surface area contributed by atoms with Crippen LogP contribution < -0.4 is 19.7 Å². The molecular formula is C28H44O6-2. The van der Waals surface area contributed by atoms with Crippen LogP contribution in [-0.2, 0) is 9.59 Å². The Morgan fingerprint density at radius 1 is 0.529 bits per heavy atom. The van der Waals surface area contributed by atoms with Gasteiger partial charge in [0.1, 0.15) is 11.5 Å². The van der Waals surface area contributed by atoms with E-state index in [2.05, 4.69) is 0 Å². The van der Waals surface area contributed by atoms with E-state index in [1.807, 2.05) is 24.3 Å². The van der Waals surface area contributed by atoms with Gasteiger partial charge < -0.3 is 29.3 Å². The molecule has 34 heavy (non-hydrogen) atoms. The molecule has 0 heterocycles. The predicted octanol–water partition coefficient (Wildman–Crippen LogP) is 4.97. The molecule has 1 aromatic rings. The molecule has 1 aromatic carbocycles. The number of hydrogen-bond acceptors (Lipinski definition) is 6. The van der Waals surface area contributed by atoms with Crippen molar-refractivity contribution in [1.29, 1.82) is 0 Å². The molecule has 6 heteroatoms. The zero-order valence-electron chi connectivity index (χ0n) is 20.9. The molecule has 0 aliphatic rings. The summed E-state index contributed by atoms with van der Waals surface area (Å²) in [7, 11) is 0. The van der Waals surface area contributed by atoms with Crippen LogP contribution in [0.15, 0.2) is 24.3 Å². The van der Waals surface area contributed by atoms with E-state index in [1.165, 1.54) is 38.5 Å². The highest BCUT2D eigenvalue weighted by Gasteiger charge is 2.00.